The Labute approximate surface area is 192 Å². The van der Waals surface area contributed by atoms with Crippen molar-refractivity contribution in [1.82, 2.24) is 10.6 Å². The highest BCUT2D eigenvalue weighted by Crippen LogP contribution is 2.31. The Hall–Kier alpha value is -2.37. The largest absolute Gasteiger partial charge is 0.343 e. The predicted octanol–water partition coefficient (Wildman–Crippen LogP) is 3.91. The van der Waals surface area contributed by atoms with Crippen molar-refractivity contribution >= 4 is 29.9 Å². The third kappa shape index (κ3) is 5.10. The topological polar surface area (TPSA) is 61.4 Å². The van der Waals surface area contributed by atoms with Crippen LogP contribution in [0.2, 0.25) is 0 Å². The molecule has 0 saturated heterocycles. The molecule has 0 bridgehead atoms. The van der Waals surface area contributed by atoms with Crippen molar-refractivity contribution in [3.63, 3.8) is 0 Å². The zero-order valence-electron chi connectivity index (χ0n) is 19.3. The Bertz CT molecular complexity index is 947. The molecule has 168 valence electrons. The Kier molecular flexibility index (Phi) is 8.27. The Balaban J connectivity index is 0.00000341. The Morgan fingerprint density at radius 1 is 1.13 bits per heavy atom. The van der Waals surface area contributed by atoms with Gasteiger partial charge in [0, 0.05) is 5.69 Å². The van der Waals surface area contributed by atoms with Gasteiger partial charge in [-0.1, -0.05) is 24.3 Å². The molecule has 2 N–H and O–H groups in total. The standard InChI is InChI=1S/C25H33N3O2.ClH/c1-15-13-16(2)18(4)21(17(15)3)14-28-23-10-8-7-9-20(23)11-12-22(25(28)30)27-24(29)19(5)26-6;/h7-10,13,19,22,26H,11-12,14H2,1-6H3,(H,27,29);1H/t19-,22-;/m0./s1. The van der Waals surface area contributed by atoms with E-state index in [-0.39, 0.29) is 30.3 Å². The maximum atomic E-state index is 13.6. The molecule has 0 fully saturated rings. The molecule has 0 aromatic heterocycles. The van der Waals surface area contributed by atoms with Crippen LogP contribution in [-0.2, 0) is 22.6 Å². The van der Waals surface area contributed by atoms with Crippen LogP contribution in [0.4, 0.5) is 5.69 Å². The van der Waals surface area contributed by atoms with Crippen molar-refractivity contribution in [2.24, 2.45) is 0 Å². The molecule has 1 heterocycles. The Morgan fingerprint density at radius 2 is 1.74 bits per heavy atom. The van der Waals surface area contributed by atoms with Crippen molar-refractivity contribution in [3.05, 3.63) is 63.7 Å². The van der Waals surface area contributed by atoms with Crippen LogP contribution >= 0.6 is 12.4 Å². The van der Waals surface area contributed by atoms with Gasteiger partial charge < -0.3 is 15.5 Å². The van der Waals surface area contributed by atoms with Crippen molar-refractivity contribution in [1.29, 1.82) is 0 Å². The number of amides is 2. The molecule has 3 rings (SSSR count). The zero-order chi connectivity index (χ0) is 22.0. The van der Waals surface area contributed by atoms with Crippen LogP contribution in [0.5, 0.6) is 0 Å². The summed E-state index contributed by atoms with van der Waals surface area (Å²) in [6.45, 7) is 10.8. The molecule has 2 aromatic carbocycles. The quantitative estimate of drug-likeness (QED) is 0.736. The minimum atomic E-state index is -0.535. The fraction of sp³-hybridized carbons (Fsp3) is 0.440. The van der Waals surface area contributed by atoms with Gasteiger partial charge in [0.15, 0.2) is 0 Å². The molecule has 6 heteroatoms. The number of hydrogen-bond acceptors (Lipinski definition) is 3. The fourth-order valence-electron chi connectivity index (χ4n) is 4.13. The van der Waals surface area contributed by atoms with Crippen LogP contribution in [0.25, 0.3) is 0 Å². The smallest absolute Gasteiger partial charge is 0.249 e. The number of halogens is 1. The number of benzene rings is 2. The number of nitrogens with zero attached hydrogens (tertiary/aromatic N) is 1. The summed E-state index contributed by atoms with van der Waals surface area (Å²) in [5.74, 6) is -0.199. The van der Waals surface area contributed by atoms with Crippen molar-refractivity contribution in [2.45, 2.75) is 66.1 Å². The van der Waals surface area contributed by atoms with Gasteiger partial charge in [0.1, 0.15) is 6.04 Å². The second-order valence-electron chi connectivity index (χ2n) is 8.40. The summed E-state index contributed by atoms with van der Waals surface area (Å²) in [6, 6.07) is 9.40. The lowest BCUT2D eigenvalue weighted by molar-refractivity contribution is -0.128. The van der Waals surface area contributed by atoms with Gasteiger partial charge >= 0.3 is 0 Å². The highest BCUT2D eigenvalue weighted by Gasteiger charge is 2.32. The fourth-order valence-corrected chi connectivity index (χ4v) is 4.13. The molecule has 2 amide bonds. The number of anilines is 1. The number of carbonyl (C=O) groups excluding carboxylic acids is 2. The molecule has 31 heavy (non-hydrogen) atoms. The third-order valence-corrected chi connectivity index (χ3v) is 6.53. The highest BCUT2D eigenvalue weighted by atomic mass is 35.5. The maximum Gasteiger partial charge on any atom is 0.249 e. The number of likely N-dealkylation sites (N-methyl/N-ethyl adjacent to an activating group) is 1. The van der Waals surface area contributed by atoms with Crippen molar-refractivity contribution < 1.29 is 9.59 Å². The van der Waals surface area contributed by atoms with Crippen LogP contribution in [-0.4, -0.2) is 30.9 Å². The van der Waals surface area contributed by atoms with Crippen LogP contribution in [0.1, 0.15) is 46.7 Å². The third-order valence-electron chi connectivity index (χ3n) is 6.53. The molecule has 0 unspecified atom stereocenters. The molecule has 5 nitrogen and oxygen atoms in total. The summed E-state index contributed by atoms with van der Waals surface area (Å²) in [6.07, 6.45) is 1.35. The van der Waals surface area contributed by atoms with Crippen LogP contribution in [0.3, 0.4) is 0 Å². The first kappa shape index (κ1) is 24.9. The average Bonchev–Trinajstić information content (AvgIpc) is 2.86. The van der Waals surface area contributed by atoms with Gasteiger partial charge in [0.25, 0.3) is 0 Å². The molecular formula is C25H34ClN3O2. The summed E-state index contributed by atoms with van der Waals surface area (Å²) < 4.78 is 0. The summed E-state index contributed by atoms with van der Waals surface area (Å²) in [5, 5.41) is 5.91. The van der Waals surface area contributed by atoms with Crippen molar-refractivity contribution in [3.8, 4) is 0 Å². The number of carbonyl (C=O) groups is 2. The second-order valence-corrected chi connectivity index (χ2v) is 8.40. The lowest BCUT2D eigenvalue weighted by Crippen LogP contribution is -2.52. The summed E-state index contributed by atoms with van der Waals surface area (Å²) in [4.78, 5) is 28.0. The van der Waals surface area contributed by atoms with E-state index in [1.165, 1.54) is 27.8 Å². The average molecular weight is 444 g/mol. The minimum absolute atomic E-state index is 0. The maximum absolute atomic E-state index is 13.6. The molecule has 1 aliphatic heterocycles. The van der Waals surface area contributed by atoms with Crippen LogP contribution < -0.4 is 15.5 Å². The molecule has 0 spiro atoms. The number of hydrogen-bond donors (Lipinski definition) is 2. The van der Waals surface area contributed by atoms with E-state index in [2.05, 4.69) is 50.5 Å². The van der Waals surface area contributed by atoms with E-state index in [0.717, 1.165) is 17.7 Å². The number of para-hydroxylation sites is 1. The normalized spacial score (nSPS) is 16.8. The van der Waals surface area contributed by atoms with Gasteiger partial charge in [-0.15, -0.1) is 12.4 Å². The minimum Gasteiger partial charge on any atom is -0.343 e. The molecule has 2 atom stereocenters. The van der Waals surface area contributed by atoms with Gasteiger partial charge in [0.05, 0.1) is 12.6 Å². The molecular weight excluding hydrogens is 410 g/mol. The summed E-state index contributed by atoms with van der Waals surface area (Å²) in [7, 11) is 1.74. The van der Waals surface area contributed by atoms with Gasteiger partial charge in [-0.2, -0.15) is 0 Å². The lowest BCUT2D eigenvalue weighted by atomic mass is 9.93. The zero-order valence-corrected chi connectivity index (χ0v) is 20.2. The van der Waals surface area contributed by atoms with Crippen LogP contribution in [0.15, 0.2) is 30.3 Å². The van der Waals surface area contributed by atoms with E-state index in [0.29, 0.717) is 13.0 Å². The molecule has 1 aliphatic rings. The molecule has 0 radical (unpaired) electrons. The van der Waals surface area contributed by atoms with Crippen molar-refractivity contribution in [2.75, 3.05) is 11.9 Å². The van der Waals surface area contributed by atoms with E-state index in [1.54, 1.807) is 14.0 Å². The number of fused-ring (bicyclic) bond motifs is 1. The summed E-state index contributed by atoms with van der Waals surface area (Å²) >= 11 is 0. The van der Waals surface area contributed by atoms with E-state index >= 15 is 0 Å². The lowest BCUT2D eigenvalue weighted by Gasteiger charge is -2.29. The van der Waals surface area contributed by atoms with Gasteiger partial charge in [-0.05, 0) is 94.0 Å². The van der Waals surface area contributed by atoms with Gasteiger partial charge in [-0.25, -0.2) is 0 Å². The van der Waals surface area contributed by atoms with E-state index in [4.69, 9.17) is 0 Å². The highest BCUT2D eigenvalue weighted by molar-refractivity contribution is 6.01. The monoisotopic (exact) mass is 443 g/mol. The molecule has 0 saturated carbocycles. The summed E-state index contributed by atoms with van der Waals surface area (Å²) in [5.41, 5.74) is 8.18. The molecule has 0 aliphatic carbocycles. The first-order chi connectivity index (χ1) is 14.2. The molecule has 2 aromatic rings. The number of nitrogens with one attached hydrogen (secondary N) is 2. The Morgan fingerprint density at radius 3 is 2.35 bits per heavy atom. The first-order valence-corrected chi connectivity index (χ1v) is 10.7. The predicted molar refractivity (Wildman–Crippen MR) is 129 cm³/mol. The number of aryl methyl sites for hydroxylation is 3. The van der Waals surface area contributed by atoms with Gasteiger partial charge in [-0.3, -0.25) is 9.59 Å². The number of rotatable bonds is 5. The second kappa shape index (κ2) is 10.3. The van der Waals surface area contributed by atoms with E-state index < -0.39 is 6.04 Å². The van der Waals surface area contributed by atoms with E-state index in [9.17, 15) is 9.59 Å². The van der Waals surface area contributed by atoms with E-state index in [1.807, 2.05) is 23.1 Å². The van der Waals surface area contributed by atoms with Gasteiger partial charge in [0.2, 0.25) is 11.8 Å². The van der Waals surface area contributed by atoms with Crippen LogP contribution in [0, 0.1) is 27.7 Å². The first-order valence-electron chi connectivity index (χ1n) is 10.7. The SMILES string of the molecule is CN[C@@H](C)C(=O)N[C@H]1CCc2ccccc2N(Cc2c(C)c(C)cc(C)c2C)C1=O.Cl.